The first-order valence-electron chi connectivity index (χ1n) is 8.19. The SMILES string of the molecule is CC1(c2cccc(NC(=O)C3CCCC(N)C3)c2)NC(=O)NC1=O.Cl. The summed E-state index contributed by atoms with van der Waals surface area (Å²) in [7, 11) is 0. The average Bonchev–Trinajstić information content (AvgIpc) is 2.81. The minimum absolute atomic E-state index is 0. The minimum atomic E-state index is -1.13. The third kappa shape index (κ3) is 3.93. The average molecular weight is 367 g/mol. The van der Waals surface area contributed by atoms with Gasteiger partial charge in [-0.1, -0.05) is 18.6 Å². The molecule has 2 fully saturated rings. The van der Waals surface area contributed by atoms with Crippen molar-refractivity contribution in [1.29, 1.82) is 0 Å². The summed E-state index contributed by atoms with van der Waals surface area (Å²) in [5.41, 5.74) is 6.03. The fraction of sp³-hybridized carbons (Fsp3) is 0.471. The van der Waals surface area contributed by atoms with Crippen molar-refractivity contribution in [2.75, 3.05) is 5.32 Å². The van der Waals surface area contributed by atoms with Gasteiger partial charge in [-0.15, -0.1) is 12.4 Å². The molecule has 1 aliphatic heterocycles. The van der Waals surface area contributed by atoms with Gasteiger partial charge in [0.15, 0.2) is 0 Å². The Morgan fingerprint density at radius 2 is 2.08 bits per heavy atom. The van der Waals surface area contributed by atoms with Gasteiger partial charge in [-0.3, -0.25) is 14.9 Å². The van der Waals surface area contributed by atoms with Crippen molar-refractivity contribution in [3.8, 4) is 0 Å². The van der Waals surface area contributed by atoms with Gasteiger partial charge in [0, 0.05) is 17.6 Å². The molecule has 1 saturated carbocycles. The predicted molar refractivity (Wildman–Crippen MR) is 96.3 cm³/mol. The molecule has 3 atom stereocenters. The smallest absolute Gasteiger partial charge is 0.322 e. The van der Waals surface area contributed by atoms with Crippen molar-refractivity contribution in [1.82, 2.24) is 10.6 Å². The molecule has 1 heterocycles. The largest absolute Gasteiger partial charge is 0.328 e. The molecule has 136 valence electrons. The van der Waals surface area contributed by atoms with Gasteiger partial charge < -0.3 is 16.4 Å². The molecular formula is C17H23ClN4O3. The molecule has 1 aromatic rings. The van der Waals surface area contributed by atoms with Crippen molar-refractivity contribution in [2.45, 2.75) is 44.2 Å². The van der Waals surface area contributed by atoms with Gasteiger partial charge in [0.2, 0.25) is 5.91 Å². The molecule has 3 rings (SSSR count). The molecule has 3 unspecified atom stereocenters. The molecule has 0 bridgehead atoms. The Bertz CT molecular complexity index is 696. The zero-order chi connectivity index (χ0) is 17.3. The van der Waals surface area contributed by atoms with Crippen LogP contribution in [0.25, 0.3) is 0 Å². The summed E-state index contributed by atoms with van der Waals surface area (Å²) in [5, 5.41) is 7.75. The monoisotopic (exact) mass is 366 g/mol. The van der Waals surface area contributed by atoms with Crippen LogP contribution in [0, 0.1) is 5.92 Å². The normalized spacial score (nSPS) is 28.6. The van der Waals surface area contributed by atoms with E-state index in [-0.39, 0.29) is 30.3 Å². The number of nitrogens with one attached hydrogen (secondary N) is 3. The number of hydrogen-bond donors (Lipinski definition) is 4. The molecule has 1 saturated heterocycles. The number of hydrogen-bond acceptors (Lipinski definition) is 4. The van der Waals surface area contributed by atoms with Gasteiger partial charge in [0.05, 0.1) is 0 Å². The van der Waals surface area contributed by atoms with Crippen LogP contribution in [0.5, 0.6) is 0 Å². The van der Waals surface area contributed by atoms with Crippen LogP contribution in [0.2, 0.25) is 0 Å². The number of amides is 4. The third-order valence-electron chi connectivity index (χ3n) is 4.84. The van der Waals surface area contributed by atoms with Crippen LogP contribution in [0.4, 0.5) is 10.5 Å². The Labute approximate surface area is 152 Å². The number of urea groups is 1. The summed E-state index contributed by atoms with van der Waals surface area (Å²) >= 11 is 0. The summed E-state index contributed by atoms with van der Waals surface area (Å²) in [6.07, 6.45) is 3.47. The summed E-state index contributed by atoms with van der Waals surface area (Å²) in [5.74, 6) is -0.538. The van der Waals surface area contributed by atoms with Crippen LogP contribution in [0.15, 0.2) is 24.3 Å². The van der Waals surface area contributed by atoms with Crippen molar-refractivity contribution >= 4 is 35.9 Å². The van der Waals surface area contributed by atoms with Gasteiger partial charge in [-0.05, 0) is 43.9 Å². The maximum absolute atomic E-state index is 12.4. The Morgan fingerprint density at radius 1 is 1.32 bits per heavy atom. The zero-order valence-corrected chi connectivity index (χ0v) is 14.8. The molecule has 4 amide bonds. The number of benzene rings is 1. The predicted octanol–water partition coefficient (Wildman–Crippen LogP) is 1.62. The Morgan fingerprint density at radius 3 is 2.72 bits per heavy atom. The van der Waals surface area contributed by atoms with Crippen molar-refractivity contribution in [3.63, 3.8) is 0 Å². The van der Waals surface area contributed by atoms with Crippen LogP contribution in [-0.4, -0.2) is 23.9 Å². The Balaban J connectivity index is 0.00000225. The second-order valence-corrected chi connectivity index (χ2v) is 6.73. The maximum atomic E-state index is 12.4. The van der Waals surface area contributed by atoms with Crippen molar-refractivity contribution in [3.05, 3.63) is 29.8 Å². The highest BCUT2D eigenvalue weighted by Crippen LogP contribution is 2.28. The van der Waals surface area contributed by atoms with E-state index in [0.29, 0.717) is 17.7 Å². The minimum Gasteiger partial charge on any atom is -0.328 e. The van der Waals surface area contributed by atoms with Gasteiger partial charge >= 0.3 is 6.03 Å². The number of carbonyl (C=O) groups excluding carboxylic acids is 3. The van der Waals surface area contributed by atoms with Gasteiger partial charge in [-0.25, -0.2) is 4.79 Å². The fourth-order valence-electron chi connectivity index (χ4n) is 3.36. The molecule has 1 aliphatic carbocycles. The highest BCUT2D eigenvalue weighted by Gasteiger charge is 2.43. The Hall–Kier alpha value is -2.12. The van der Waals surface area contributed by atoms with E-state index in [1.54, 1.807) is 31.2 Å². The van der Waals surface area contributed by atoms with Crippen LogP contribution < -0.4 is 21.7 Å². The third-order valence-corrected chi connectivity index (χ3v) is 4.84. The second-order valence-electron chi connectivity index (χ2n) is 6.73. The topological polar surface area (TPSA) is 113 Å². The van der Waals surface area contributed by atoms with Crippen LogP contribution >= 0.6 is 12.4 Å². The molecule has 0 radical (unpaired) electrons. The molecule has 0 aromatic heterocycles. The summed E-state index contributed by atoms with van der Waals surface area (Å²) in [6, 6.07) is 6.54. The Kier molecular flexibility index (Phi) is 5.69. The van der Waals surface area contributed by atoms with E-state index in [2.05, 4.69) is 16.0 Å². The number of halogens is 1. The molecule has 0 spiro atoms. The van der Waals surface area contributed by atoms with Crippen LogP contribution in [0.3, 0.4) is 0 Å². The van der Waals surface area contributed by atoms with E-state index in [1.165, 1.54) is 0 Å². The molecule has 25 heavy (non-hydrogen) atoms. The number of anilines is 1. The molecule has 1 aromatic carbocycles. The van der Waals surface area contributed by atoms with E-state index in [1.807, 2.05) is 0 Å². The van der Waals surface area contributed by atoms with Gasteiger partial charge in [-0.2, -0.15) is 0 Å². The lowest BCUT2D eigenvalue weighted by molar-refractivity contribution is -0.123. The zero-order valence-electron chi connectivity index (χ0n) is 14.0. The number of imide groups is 1. The molecule has 7 nitrogen and oxygen atoms in total. The lowest BCUT2D eigenvalue weighted by Crippen LogP contribution is -2.40. The van der Waals surface area contributed by atoms with Crippen molar-refractivity contribution < 1.29 is 14.4 Å². The van der Waals surface area contributed by atoms with E-state index in [0.717, 1.165) is 19.3 Å². The lowest BCUT2D eigenvalue weighted by atomic mass is 9.85. The fourth-order valence-corrected chi connectivity index (χ4v) is 3.36. The summed E-state index contributed by atoms with van der Waals surface area (Å²) < 4.78 is 0. The van der Waals surface area contributed by atoms with E-state index in [9.17, 15) is 14.4 Å². The highest BCUT2D eigenvalue weighted by atomic mass is 35.5. The first kappa shape index (κ1) is 19.2. The number of carbonyl (C=O) groups is 3. The first-order chi connectivity index (χ1) is 11.4. The van der Waals surface area contributed by atoms with Gasteiger partial charge in [0.1, 0.15) is 5.54 Å². The second kappa shape index (κ2) is 7.41. The van der Waals surface area contributed by atoms with E-state index < -0.39 is 17.5 Å². The van der Waals surface area contributed by atoms with Gasteiger partial charge in [0.25, 0.3) is 5.91 Å². The summed E-state index contributed by atoms with van der Waals surface area (Å²) in [4.78, 5) is 35.9. The summed E-state index contributed by atoms with van der Waals surface area (Å²) in [6.45, 7) is 1.63. The quantitative estimate of drug-likeness (QED) is 0.608. The number of nitrogens with two attached hydrogens (primary N) is 1. The first-order valence-corrected chi connectivity index (χ1v) is 8.19. The maximum Gasteiger partial charge on any atom is 0.322 e. The van der Waals surface area contributed by atoms with Crippen molar-refractivity contribution in [2.24, 2.45) is 11.7 Å². The highest BCUT2D eigenvalue weighted by molar-refractivity contribution is 6.07. The standard InChI is InChI=1S/C17H22N4O3.ClH/c1-17(15(23)20-16(24)21-17)11-5-3-7-13(9-11)19-14(22)10-4-2-6-12(18)8-10;/h3,5,7,9-10,12H,2,4,6,8,18H2,1H3,(H,19,22)(H2,20,21,23,24);1H. The van der Waals surface area contributed by atoms with E-state index in [4.69, 9.17) is 5.73 Å². The van der Waals surface area contributed by atoms with Crippen LogP contribution in [-0.2, 0) is 15.1 Å². The number of rotatable bonds is 3. The van der Waals surface area contributed by atoms with E-state index >= 15 is 0 Å². The lowest BCUT2D eigenvalue weighted by Gasteiger charge is -2.26. The van der Waals surface area contributed by atoms with Crippen LogP contribution in [0.1, 0.15) is 38.2 Å². The molecule has 8 heteroatoms. The molecule has 2 aliphatic rings. The molecular weight excluding hydrogens is 344 g/mol. The molecule has 5 N–H and O–H groups in total.